The Morgan fingerprint density at radius 2 is 2.11 bits per heavy atom. The lowest BCUT2D eigenvalue weighted by Crippen LogP contribution is -2.38. The highest BCUT2D eigenvalue weighted by atomic mass is 79.9. The van der Waals surface area contributed by atoms with Crippen LogP contribution >= 0.6 is 15.9 Å². The van der Waals surface area contributed by atoms with Gasteiger partial charge in [0.25, 0.3) is 0 Å². The number of nitrogens with zero attached hydrogens (tertiary/aromatic N) is 1. The fraction of sp³-hybridized carbons (Fsp3) is 0.467. The van der Waals surface area contributed by atoms with Crippen LogP contribution in [0.4, 0.5) is 11.4 Å². The third-order valence-corrected chi connectivity index (χ3v) is 4.43. The van der Waals surface area contributed by atoms with Gasteiger partial charge in [-0.1, -0.05) is 28.9 Å². The molecule has 2 rings (SSSR count). The van der Waals surface area contributed by atoms with E-state index >= 15 is 0 Å². The Hall–Kier alpha value is -0.960. The van der Waals surface area contributed by atoms with Crippen molar-refractivity contribution in [3.63, 3.8) is 0 Å². The van der Waals surface area contributed by atoms with E-state index in [0.29, 0.717) is 5.41 Å². The van der Waals surface area contributed by atoms with Gasteiger partial charge >= 0.3 is 0 Å². The van der Waals surface area contributed by atoms with Crippen LogP contribution in [-0.2, 0) is 0 Å². The molecule has 1 aromatic rings. The summed E-state index contributed by atoms with van der Waals surface area (Å²) in [6, 6.07) is 6.08. The van der Waals surface area contributed by atoms with Gasteiger partial charge in [-0.3, -0.25) is 0 Å². The molecule has 1 aliphatic heterocycles. The minimum Gasteiger partial charge on any atom is -0.397 e. The van der Waals surface area contributed by atoms with Crippen molar-refractivity contribution in [2.45, 2.75) is 26.2 Å². The Kier molecular flexibility index (Phi) is 4.00. The SMILES string of the molecule is C=CCC1(C)CCN(c2cc(Br)ccc2N)CC1. The van der Waals surface area contributed by atoms with Crippen molar-refractivity contribution in [3.05, 3.63) is 35.3 Å². The Bertz CT molecular complexity index is 434. The third kappa shape index (κ3) is 2.89. The smallest absolute Gasteiger partial charge is 0.0611 e. The van der Waals surface area contributed by atoms with Crippen LogP contribution < -0.4 is 10.6 Å². The second-order valence-electron chi connectivity index (χ2n) is 5.49. The highest BCUT2D eigenvalue weighted by Crippen LogP contribution is 2.38. The van der Waals surface area contributed by atoms with Crippen molar-refractivity contribution in [2.75, 3.05) is 23.7 Å². The normalized spacial score (nSPS) is 18.7. The molecule has 0 aliphatic carbocycles. The number of benzene rings is 1. The Balaban J connectivity index is 2.09. The maximum Gasteiger partial charge on any atom is 0.0611 e. The predicted octanol–water partition coefficient (Wildman–Crippen LogP) is 4.21. The van der Waals surface area contributed by atoms with Crippen molar-refractivity contribution >= 4 is 27.3 Å². The summed E-state index contributed by atoms with van der Waals surface area (Å²) in [6.07, 6.45) is 5.55. The first-order chi connectivity index (χ1) is 8.54. The number of rotatable bonds is 3. The molecule has 3 heteroatoms. The van der Waals surface area contributed by atoms with Crippen LogP contribution in [0, 0.1) is 5.41 Å². The van der Waals surface area contributed by atoms with Gasteiger partial charge in [0.2, 0.25) is 0 Å². The van der Waals surface area contributed by atoms with Crippen molar-refractivity contribution < 1.29 is 0 Å². The minimum atomic E-state index is 0.416. The summed E-state index contributed by atoms with van der Waals surface area (Å²) in [5, 5.41) is 0. The maximum atomic E-state index is 6.07. The van der Waals surface area contributed by atoms with E-state index in [2.05, 4.69) is 40.4 Å². The number of piperidine rings is 1. The van der Waals surface area contributed by atoms with E-state index in [9.17, 15) is 0 Å². The number of allylic oxidation sites excluding steroid dienone is 1. The average molecular weight is 309 g/mol. The van der Waals surface area contributed by atoms with Gasteiger partial charge in [0.1, 0.15) is 0 Å². The van der Waals surface area contributed by atoms with E-state index in [0.717, 1.165) is 35.4 Å². The molecule has 2 nitrogen and oxygen atoms in total. The first-order valence-corrected chi connectivity index (χ1v) is 7.24. The second kappa shape index (κ2) is 5.35. The fourth-order valence-corrected chi connectivity index (χ4v) is 2.98. The van der Waals surface area contributed by atoms with Gasteiger partial charge in [0.15, 0.2) is 0 Å². The molecule has 1 fully saturated rings. The summed E-state index contributed by atoms with van der Waals surface area (Å²) in [7, 11) is 0. The summed E-state index contributed by atoms with van der Waals surface area (Å²) in [5.74, 6) is 0. The van der Waals surface area contributed by atoms with E-state index in [1.807, 2.05) is 18.2 Å². The molecule has 18 heavy (non-hydrogen) atoms. The zero-order valence-electron chi connectivity index (χ0n) is 11.0. The Morgan fingerprint density at radius 1 is 1.44 bits per heavy atom. The molecule has 0 radical (unpaired) electrons. The van der Waals surface area contributed by atoms with E-state index < -0.39 is 0 Å². The van der Waals surface area contributed by atoms with Crippen LogP contribution in [0.15, 0.2) is 35.3 Å². The number of hydrogen-bond acceptors (Lipinski definition) is 2. The summed E-state index contributed by atoms with van der Waals surface area (Å²) < 4.78 is 1.09. The third-order valence-electron chi connectivity index (χ3n) is 3.94. The number of nitrogens with two attached hydrogens (primary N) is 1. The van der Waals surface area contributed by atoms with Gasteiger partial charge in [0.05, 0.1) is 11.4 Å². The van der Waals surface area contributed by atoms with Crippen LogP contribution in [0.25, 0.3) is 0 Å². The maximum absolute atomic E-state index is 6.07. The number of nitrogen functional groups attached to an aromatic ring is 1. The van der Waals surface area contributed by atoms with Gasteiger partial charge in [-0.15, -0.1) is 6.58 Å². The molecule has 1 aromatic carbocycles. The van der Waals surface area contributed by atoms with E-state index in [4.69, 9.17) is 5.73 Å². The number of halogens is 1. The molecule has 0 unspecified atom stereocenters. The van der Waals surface area contributed by atoms with Gasteiger partial charge in [0, 0.05) is 17.6 Å². The Morgan fingerprint density at radius 3 is 2.72 bits per heavy atom. The molecule has 1 heterocycles. The van der Waals surface area contributed by atoms with Crippen LogP contribution in [-0.4, -0.2) is 13.1 Å². The van der Waals surface area contributed by atoms with Crippen molar-refractivity contribution in [1.29, 1.82) is 0 Å². The number of anilines is 2. The molecule has 0 amide bonds. The van der Waals surface area contributed by atoms with Gasteiger partial charge < -0.3 is 10.6 Å². The van der Waals surface area contributed by atoms with Crippen LogP contribution in [0.5, 0.6) is 0 Å². The molecule has 98 valence electrons. The summed E-state index contributed by atoms with van der Waals surface area (Å²) in [5.41, 5.74) is 8.51. The van der Waals surface area contributed by atoms with E-state index in [1.165, 1.54) is 12.8 Å². The Labute approximate surface area is 118 Å². The summed E-state index contributed by atoms with van der Waals surface area (Å²) >= 11 is 3.51. The molecule has 0 saturated carbocycles. The lowest BCUT2D eigenvalue weighted by Gasteiger charge is -2.40. The number of hydrogen-bond donors (Lipinski definition) is 1. The zero-order chi connectivity index (χ0) is 13.2. The molecule has 1 aliphatic rings. The zero-order valence-corrected chi connectivity index (χ0v) is 12.5. The van der Waals surface area contributed by atoms with Gasteiger partial charge in [-0.25, -0.2) is 0 Å². The predicted molar refractivity (Wildman–Crippen MR) is 82.9 cm³/mol. The first-order valence-electron chi connectivity index (χ1n) is 6.45. The van der Waals surface area contributed by atoms with Crippen molar-refractivity contribution in [2.24, 2.45) is 5.41 Å². The van der Waals surface area contributed by atoms with Crippen molar-refractivity contribution in [1.82, 2.24) is 0 Å². The van der Waals surface area contributed by atoms with Gasteiger partial charge in [-0.2, -0.15) is 0 Å². The highest BCUT2D eigenvalue weighted by Gasteiger charge is 2.29. The lowest BCUT2D eigenvalue weighted by atomic mass is 9.77. The topological polar surface area (TPSA) is 29.3 Å². The molecule has 0 spiro atoms. The first kappa shape index (κ1) is 13.5. The fourth-order valence-electron chi connectivity index (χ4n) is 2.63. The summed E-state index contributed by atoms with van der Waals surface area (Å²) in [6.45, 7) is 8.37. The molecular weight excluding hydrogens is 288 g/mol. The molecular formula is C15H21BrN2. The highest BCUT2D eigenvalue weighted by molar-refractivity contribution is 9.10. The molecule has 0 bridgehead atoms. The molecule has 1 saturated heterocycles. The standard InChI is InChI=1S/C15H21BrN2/c1-3-6-15(2)7-9-18(10-8-15)14-11-12(16)4-5-13(14)17/h3-5,11H,1,6-10,17H2,2H3. The average Bonchev–Trinajstić information content (AvgIpc) is 2.34. The van der Waals surface area contributed by atoms with E-state index in [1.54, 1.807) is 0 Å². The van der Waals surface area contributed by atoms with Gasteiger partial charge in [-0.05, 0) is 42.9 Å². The van der Waals surface area contributed by atoms with Crippen LogP contribution in [0.3, 0.4) is 0 Å². The summed E-state index contributed by atoms with van der Waals surface area (Å²) in [4.78, 5) is 2.39. The molecule has 0 aromatic heterocycles. The minimum absolute atomic E-state index is 0.416. The van der Waals surface area contributed by atoms with Crippen LogP contribution in [0.2, 0.25) is 0 Å². The second-order valence-corrected chi connectivity index (χ2v) is 6.41. The van der Waals surface area contributed by atoms with E-state index in [-0.39, 0.29) is 0 Å². The quantitative estimate of drug-likeness (QED) is 0.669. The molecule has 0 atom stereocenters. The molecule has 2 N–H and O–H groups in total. The van der Waals surface area contributed by atoms with Crippen LogP contribution in [0.1, 0.15) is 26.2 Å². The lowest BCUT2D eigenvalue weighted by molar-refractivity contribution is 0.251. The van der Waals surface area contributed by atoms with Crippen molar-refractivity contribution in [3.8, 4) is 0 Å². The monoisotopic (exact) mass is 308 g/mol. The largest absolute Gasteiger partial charge is 0.397 e.